The van der Waals surface area contributed by atoms with Crippen LogP contribution in [0, 0.1) is 0 Å². The molecule has 1 saturated heterocycles. The predicted octanol–water partition coefficient (Wildman–Crippen LogP) is 2.19. The molecule has 0 amide bonds. The third kappa shape index (κ3) is 6.25. The van der Waals surface area contributed by atoms with Crippen LogP contribution in [-0.4, -0.2) is 63.5 Å². The molecule has 8 nitrogen and oxygen atoms in total. The minimum atomic E-state index is -3.77. The molecule has 0 spiro atoms. The first-order chi connectivity index (χ1) is 13.9. The molecule has 1 aromatic heterocycles. The molecular weight excluding hydrogens is 394 g/mol. The lowest BCUT2D eigenvalue weighted by atomic mass is 10.2. The summed E-state index contributed by atoms with van der Waals surface area (Å²) >= 11 is 0. The van der Waals surface area contributed by atoms with Crippen molar-refractivity contribution in [3.63, 3.8) is 0 Å². The van der Waals surface area contributed by atoms with Gasteiger partial charge in [-0.2, -0.15) is 0 Å². The number of hydrogen-bond acceptors (Lipinski definition) is 7. The van der Waals surface area contributed by atoms with Crippen molar-refractivity contribution in [2.75, 3.05) is 44.2 Å². The maximum absolute atomic E-state index is 12.5. The van der Waals surface area contributed by atoms with Gasteiger partial charge in [0.2, 0.25) is 0 Å². The first-order valence-corrected chi connectivity index (χ1v) is 11.0. The number of benzene rings is 1. The first kappa shape index (κ1) is 21.2. The van der Waals surface area contributed by atoms with Gasteiger partial charge in [0, 0.05) is 31.4 Å². The van der Waals surface area contributed by atoms with E-state index in [2.05, 4.69) is 14.6 Å². The zero-order valence-electron chi connectivity index (χ0n) is 16.3. The number of rotatable bonds is 9. The van der Waals surface area contributed by atoms with Crippen LogP contribution < -0.4 is 9.46 Å². The van der Waals surface area contributed by atoms with Crippen molar-refractivity contribution in [3.05, 3.63) is 48.2 Å². The van der Waals surface area contributed by atoms with E-state index in [1.165, 1.54) is 37.4 Å². The monoisotopic (exact) mass is 419 g/mol. The van der Waals surface area contributed by atoms with Crippen molar-refractivity contribution in [2.45, 2.75) is 18.2 Å². The molecule has 1 aromatic carbocycles. The molecule has 156 valence electrons. The Balaban J connectivity index is 1.50. The molecule has 0 aliphatic carbocycles. The Bertz CT molecular complexity index is 908. The summed E-state index contributed by atoms with van der Waals surface area (Å²) in [5.74, 6) is 0.640. The zero-order valence-corrected chi connectivity index (χ0v) is 17.2. The fourth-order valence-electron chi connectivity index (χ4n) is 2.88. The fourth-order valence-corrected chi connectivity index (χ4v) is 3.89. The number of anilines is 1. The van der Waals surface area contributed by atoms with E-state index < -0.39 is 10.0 Å². The molecule has 1 aliphatic heterocycles. The maximum atomic E-state index is 12.5. The van der Waals surface area contributed by atoms with E-state index in [-0.39, 0.29) is 16.5 Å². The number of morpholine rings is 1. The number of sulfonamides is 1. The summed E-state index contributed by atoms with van der Waals surface area (Å²) < 4.78 is 38.4. The number of pyridine rings is 1. The molecule has 0 bridgehead atoms. The van der Waals surface area contributed by atoms with Crippen LogP contribution in [-0.2, 0) is 14.8 Å². The first-order valence-electron chi connectivity index (χ1n) is 9.47. The minimum absolute atomic E-state index is 0.107. The molecule has 1 N–H and O–H groups in total. The Kier molecular flexibility index (Phi) is 7.18. The highest BCUT2D eigenvalue weighted by Crippen LogP contribution is 2.19. The number of carbonyl (C=O) groups is 1. The van der Waals surface area contributed by atoms with Crippen LogP contribution in [0.3, 0.4) is 0 Å². The SMILES string of the molecule is CC(=O)c1ccc(NS(=O)(=O)c2ccc(OCCCN3CCOCC3)cc2)nc1. The van der Waals surface area contributed by atoms with E-state index in [0.717, 1.165) is 39.3 Å². The van der Waals surface area contributed by atoms with Crippen molar-refractivity contribution >= 4 is 21.6 Å². The zero-order chi connectivity index (χ0) is 20.7. The second-order valence-corrected chi connectivity index (χ2v) is 8.40. The van der Waals surface area contributed by atoms with Gasteiger partial charge in [0.15, 0.2) is 5.78 Å². The average Bonchev–Trinajstić information content (AvgIpc) is 2.72. The van der Waals surface area contributed by atoms with Gasteiger partial charge in [-0.15, -0.1) is 0 Å². The molecule has 1 fully saturated rings. The molecule has 29 heavy (non-hydrogen) atoms. The van der Waals surface area contributed by atoms with Crippen LogP contribution in [0.4, 0.5) is 5.82 Å². The number of nitrogens with one attached hydrogen (secondary N) is 1. The quantitative estimate of drug-likeness (QED) is 0.491. The van der Waals surface area contributed by atoms with Gasteiger partial charge in [0.05, 0.1) is 24.7 Å². The van der Waals surface area contributed by atoms with Gasteiger partial charge in [-0.05, 0) is 49.7 Å². The second kappa shape index (κ2) is 9.82. The number of ether oxygens (including phenoxy) is 2. The number of nitrogens with zero attached hydrogens (tertiary/aromatic N) is 2. The molecule has 0 atom stereocenters. The Labute approximate surface area is 170 Å². The summed E-state index contributed by atoms with van der Waals surface area (Å²) in [4.78, 5) is 17.7. The molecular formula is C20H25N3O5S. The lowest BCUT2D eigenvalue weighted by Gasteiger charge is -2.26. The van der Waals surface area contributed by atoms with Gasteiger partial charge in [0.25, 0.3) is 10.0 Å². The predicted molar refractivity (Wildman–Crippen MR) is 109 cm³/mol. The van der Waals surface area contributed by atoms with E-state index in [0.29, 0.717) is 17.9 Å². The number of Topliss-reactive ketones (excluding diaryl/α,β-unsaturated/α-hetero) is 1. The summed E-state index contributed by atoms with van der Waals surface area (Å²) in [5, 5.41) is 0. The number of ketones is 1. The Morgan fingerprint density at radius 3 is 2.52 bits per heavy atom. The Hall–Kier alpha value is -2.49. The smallest absolute Gasteiger partial charge is 0.263 e. The van der Waals surface area contributed by atoms with E-state index in [1.807, 2.05) is 0 Å². The number of hydrogen-bond donors (Lipinski definition) is 1. The van der Waals surface area contributed by atoms with Crippen LogP contribution >= 0.6 is 0 Å². The number of aromatic nitrogens is 1. The molecule has 1 aliphatic rings. The van der Waals surface area contributed by atoms with Crippen molar-refractivity contribution in [1.82, 2.24) is 9.88 Å². The van der Waals surface area contributed by atoms with Crippen molar-refractivity contribution in [3.8, 4) is 5.75 Å². The van der Waals surface area contributed by atoms with Gasteiger partial charge in [-0.25, -0.2) is 13.4 Å². The number of carbonyl (C=O) groups excluding carboxylic acids is 1. The van der Waals surface area contributed by atoms with Crippen molar-refractivity contribution in [2.24, 2.45) is 0 Å². The summed E-state index contributed by atoms with van der Waals surface area (Å²) in [6.45, 7) is 6.40. The van der Waals surface area contributed by atoms with E-state index in [1.54, 1.807) is 12.1 Å². The average molecular weight is 420 g/mol. The normalized spacial score (nSPS) is 15.1. The molecule has 9 heteroatoms. The van der Waals surface area contributed by atoms with Gasteiger partial charge >= 0.3 is 0 Å². The van der Waals surface area contributed by atoms with Crippen LogP contribution in [0.1, 0.15) is 23.7 Å². The molecule has 0 unspecified atom stereocenters. The van der Waals surface area contributed by atoms with E-state index in [4.69, 9.17) is 9.47 Å². The topological polar surface area (TPSA) is 97.8 Å². The Morgan fingerprint density at radius 2 is 1.90 bits per heavy atom. The van der Waals surface area contributed by atoms with Crippen LogP contribution in [0.2, 0.25) is 0 Å². The molecule has 3 rings (SSSR count). The third-order valence-electron chi connectivity index (χ3n) is 4.53. The summed E-state index contributed by atoms with van der Waals surface area (Å²) in [7, 11) is -3.77. The highest BCUT2D eigenvalue weighted by molar-refractivity contribution is 7.92. The van der Waals surface area contributed by atoms with Crippen molar-refractivity contribution in [1.29, 1.82) is 0 Å². The van der Waals surface area contributed by atoms with Crippen LogP contribution in [0.25, 0.3) is 0 Å². The minimum Gasteiger partial charge on any atom is -0.494 e. The van der Waals surface area contributed by atoms with E-state index >= 15 is 0 Å². The van der Waals surface area contributed by atoms with E-state index in [9.17, 15) is 13.2 Å². The molecule has 0 saturated carbocycles. The van der Waals surface area contributed by atoms with Gasteiger partial charge in [0.1, 0.15) is 11.6 Å². The molecule has 2 aromatic rings. The third-order valence-corrected chi connectivity index (χ3v) is 5.90. The summed E-state index contributed by atoms with van der Waals surface area (Å²) in [6.07, 6.45) is 2.23. The molecule has 2 heterocycles. The Morgan fingerprint density at radius 1 is 1.17 bits per heavy atom. The largest absolute Gasteiger partial charge is 0.494 e. The lowest BCUT2D eigenvalue weighted by molar-refractivity contribution is 0.0358. The summed E-state index contributed by atoms with van der Waals surface area (Å²) in [6, 6.07) is 9.24. The van der Waals surface area contributed by atoms with Gasteiger partial charge in [-0.3, -0.25) is 14.4 Å². The van der Waals surface area contributed by atoms with Crippen LogP contribution in [0.5, 0.6) is 5.75 Å². The van der Waals surface area contributed by atoms with Gasteiger partial charge < -0.3 is 9.47 Å². The van der Waals surface area contributed by atoms with Crippen LogP contribution in [0.15, 0.2) is 47.5 Å². The standard InChI is InChI=1S/C20H25N3O5S/c1-16(24)17-3-8-20(21-15-17)22-29(25,26)19-6-4-18(5-7-19)28-12-2-9-23-10-13-27-14-11-23/h3-8,15H,2,9-14H2,1H3,(H,21,22). The second-order valence-electron chi connectivity index (χ2n) is 6.72. The van der Waals surface area contributed by atoms with Crippen molar-refractivity contribution < 1.29 is 22.7 Å². The van der Waals surface area contributed by atoms with Gasteiger partial charge in [-0.1, -0.05) is 0 Å². The lowest BCUT2D eigenvalue weighted by Crippen LogP contribution is -2.37. The maximum Gasteiger partial charge on any atom is 0.263 e. The highest BCUT2D eigenvalue weighted by Gasteiger charge is 2.15. The highest BCUT2D eigenvalue weighted by atomic mass is 32.2. The summed E-state index contributed by atoms with van der Waals surface area (Å²) in [5.41, 5.74) is 0.420. The fraction of sp³-hybridized carbons (Fsp3) is 0.400. The molecule has 0 radical (unpaired) electrons.